The van der Waals surface area contributed by atoms with Crippen molar-refractivity contribution >= 4 is 5.91 Å². The summed E-state index contributed by atoms with van der Waals surface area (Å²) in [5.74, 6) is 1.20. The van der Waals surface area contributed by atoms with Gasteiger partial charge in [0.05, 0.1) is 19.5 Å². The molecule has 0 aromatic carbocycles. The van der Waals surface area contributed by atoms with Crippen molar-refractivity contribution < 1.29 is 9.53 Å². The van der Waals surface area contributed by atoms with E-state index in [0.717, 1.165) is 0 Å². The van der Waals surface area contributed by atoms with Crippen molar-refractivity contribution in [1.29, 1.82) is 0 Å². The molecular formula is C14H21N3O2. The van der Waals surface area contributed by atoms with Gasteiger partial charge in [-0.05, 0) is 24.7 Å². The maximum atomic E-state index is 12.2. The molecule has 0 bridgehead atoms. The molecule has 1 aromatic rings. The number of methoxy groups -OCH3 is 1. The molecule has 19 heavy (non-hydrogen) atoms. The van der Waals surface area contributed by atoms with Gasteiger partial charge >= 0.3 is 0 Å². The Bertz CT molecular complexity index is 440. The number of nitrogens with zero attached hydrogens (tertiary/aromatic N) is 2. The van der Waals surface area contributed by atoms with Crippen LogP contribution in [0.3, 0.4) is 0 Å². The second-order valence-electron chi connectivity index (χ2n) is 5.33. The molecule has 5 nitrogen and oxygen atoms in total. The zero-order valence-electron chi connectivity index (χ0n) is 11.7. The first-order chi connectivity index (χ1) is 9.11. The fraction of sp³-hybridized carbons (Fsp3) is 0.643. The Kier molecular flexibility index (Phi) is 4.35. The van der Waals surface area contributed by atoms with Crippen LogP contribution in [-0.2, 0) is 0 Å². The lowest BCUT2D eigenvalue weighted by Gasteiger charge is -2.35. The molecule has 0 saturated heterocycles. The smallest absolute Gasteiger partial charge is 0.271 e. The highest BCUT2D eigenvalue weighted by atomic mass is 16.5. The van der Waals surface area contributed by atoms with Crippen molar-refractivity contribution in [2.75, 3.05) is 7.11 Å². The van der Waals surface area contributed by atoms with E-state index in [1.807, 2.05) is 0 Å². The number of rotatable bonds is 3. The highest BCUT2D eigenvalue weighted by molar-refractivity contribution is 5.92. The summed E-state index contributed by atoms with van der Waals surface area (Å²) in [6, 6.07) is 0.217. The van der Waals surface area contributed by atoms with Crippen LogP contribution < -0.4 is 10.1 Å². The van der Waals surface area contributed by atoms with Gasteiger partial charge in [-0.1, -0.05) is 20.3 Å². The minimum atomic E-state index is -0.169. The Labute approximate surface area is 113 Å². The molecule has 1 saturated carbocycles. The fourth-order valence-electron chi connectivity index (χ4n) is 2.75. The van der Waals surface area contributed by atoms with Crippen LogP contribution in [0.15, 0.2) is 12.4 Å². The summed E-state index contributed by atoms with van der Waals surface area (Å²) in [4.78, 5) is 20.3. The monoisotopic (exact) mass is 263 g/mol. The summed E-state index contributed by atoms with van der Waals surface area (Å²) < 4.78 is 4.98. The van der Waals surface area contributed by atoms with E-state index in [9.17, 15) is 4.79 Å². The second-order valence-corrected chi connectivity index (χ2v) is 5.33. The van der Waals surface area contributed by atoms with Crippen molar-refractivity contribution in [3.8, 4) is 5.88 Å². The quantitative estimate of drug-likeness (QED) is 0.906. The molecule has 2 atom stereocenters. The lowest BCUT2D eigenvalue weighted by molar-refractivity contribution is 0.0874. The molecule has 1 fully saturated rings. The van der Waals surface area contributed by atoms with Gasteiger partial charge < -0.3 is 10.1 Å². The maximum Gasteiger partial charge on any atom is 0.271 e. The van der Waals surface area contributed by atoms with Gasteiger partial charge in [0.2, 0.25) is 5.88 Å². The first kappa shape index (κ1) is 13.8. The predicted octanol–water partition coefficient (Wildman–Crippen LogP) is 2.04. The van der Waals surface area contributed by atoms with Crippen LogP contribution in [0, 0.1) is 11.8 Å². The average molecular weight is 263 g/mol. The van der Waals surface area contributed by atoms with E-state index in [1.165, 1.54) is 38.8 Å². The molecule has 104 valence electrons. The van der Waals surface area contributed by atoms with Crippen LogP contribution in [0.2, 0.25) is 0 Å². The van der Waals surface area contributed by atoms with E-state index in [2.05, 4.69) is 29.1 Å². The lowest BCUT2D eigenvalue weighted by atomic mass is 9.78. The van der Waals surface area contributed by atoms with E-state index in [1.54, 1.807) is 0 Å². The van der Waals surface area contributed by atoms with Gasteiger partial charge in [0.15, 0.2) is 0 Å². The minimum Gasteiger partial charge on any atom is -0.480 e. The summed E-state index contributed by atoms with van der Waals surface area (Å²) in [6.07, 6.45) is 6.53. The largest absolute Gasteiger partial charge is 0.480 e. The van der Waals surface area contributed by atoms with Crippen molar-refractivity contribution in [2.45, 2.75) is 39.2 Å². The molecule has 0 radical (unpaired) electrons. The second kappa shape index (κ2) is 5.99. The van der Waals surface area contributed by atoms with Gasteiger partial charge in [-0.25, -0.2) is 4.98 Å². The van der Waals surface area contributed by atoms with Crippen LogP contribution >= 0.6 is 0 Å². The predicted molar refractivity (Wildman–Crippen MR) is 72.0 cm³/mol. The molecule has 2 rings (SSSR count). The highest BCUT2D eigenvalue weighted by Crippen LogP contribution is 2.28. The summed E-state index contributed by atoms with van der Waals surface area (Å²) in [6.45, 7) is 4.38. The van der Waals surface area contributed by atoms with Crippen LogP contribution in [0.4, 0.5) is 0 Å². The van der Waals surface area contributed by atoms with Gasteiger partial charge in [-0.2, -0.15) is 0 Å². The Morgan fingerprint density at radius 1 is 1.32 bits per heavy atom. The first-order valence-electron chi connectivity index (χ1n) is 6.78. The SMILES string of the molecule is COc1cncc(C(=O)NC2C(C)CCCC2C)n1. The number of hydrogen-bond acceptors (Lipinski definition) is 4. The molecule has 1 aliphatic carbocycles. The molecule has 1 amide bonds. The molecule has 1 heterocycles. The molecule has 0 aliphatic heterocycles. The average Bonchev–Trinajstić information content (AvgIpc) is 2.43. The van der Waals surface area contributed by atoms with Crippen molar-refractivity contribution in [1.82, 2.24) is 15.3 Å². The van der Waals surface area contributed by atoms with E-state index < -0.39 is 0 Å². The van der Waals surface area contributed by atoms with Crippen molar-refractivity contribution in [2.24, 2.45) is 11.8 Å². The number of carbonyl (C=O) groups is 1. The van der Waals surface area contributed by atoms with Crippen LogP contribution in [-0.4, -0.2) is 29.0 Å². The van der Waals surface area contributed by atoms with Crippen molar-refractivity contribution in [3.05, 3.63) is 18.1 Å². The Balaban J connectivity index is 2.07. The van der Waals surface area contributed by atoms with E-state index in [-0.39, 0.29) is 11.9 Å². The van der Waals surface area contributed by atoms with Gasteiger partial charge in [0, 0.05) is 6.04 Å². The van der Waals surface area contributed by atoms with Crippen LogP contribution in [0.25, 0.3) is 0 Å². The number of nitrogens with one attached hydrogen (secondary N) is 1. The molecule has 5 heteroatoms. The lowest BCUT2D eigenvalue weighted by Crippen LogP contribution is -2.46. The summed E-state index contributed by atoms with van der Waals surface area (Å²) in [5.41, 5.74) is 0.310. The number of hydrogen-bond donors (Lipinski definition) is 1. The Hall–Kier alpha value is -1.65. The number of amides is 1. The van der Waals surface area contributed by atoms with Gasteiger partial charge in [0.25, 0.3) is 5.91 Å². The third-order valence-corrected chi connectivity index (χ3v) is 3.90. The summed E-state index contributed by atoms with van der Waals surface area (Å²) >= 11 is 0. The Morgan fingerprint density at radius 2 is 2.00 bits per heavy atom. The standard InChI is InChI=1S/C14H21N3O2/c1-9-5-4-6-10(2)13(9)17-14(18)11-7-15-8-12(16-11)19-3/h7-10,13H,4-6H2,1-3H3,(H,17,18). The van der Waals surface area contributed by atoms with Gasteiger partial charge in [0.1, 0.15) is 5.69 Å². The molecule has 1 N–H and O–H groups in total. The molecule has 1 aromatic heterocycles. The number of ether oxygens (including phenoxy) is 1. The normalized spacial score (nSPS) is 26.8. The maximum absolute atomic E-state index is 12.2. The van der Waals surface area contributed by atoms with Crippen LogP contribution in [0.5, 0.6) is 5.88 Å². The fourth-order valence-corrected chi connectivity index (χ4v) is 2.75. The molecule has 2 unspecified atom stereocenters. The zero-order valence-corrected chi connectivity index (χ0v) is 11.7. The Morgan fingerprint density at radius 3 is 2.63 bits per heavy atom. The minimum absolute atomic E-state index is 0.169. The van der Waals surface area contributed by atoms with E-state index in [4.69, 9.17) is 4.74 Å². The zero-order chi connectivity index (χ0) is 13.8. The molecular weight excluding hydrogens is 242 g/mol. The third kappa shape index (κ3) is 3.22. The topological polar surface area (TPSA) is 64.1 Å². The van der Waals surface area contributed by atoms with Gasteiger partial charge in [-0.15, -0.1) is 0 Å². The number of carbonyl (C=O) groups excluding carboxylic acids is 1. The van der Waals surface area contributed by atoms with E-state index in [0.29, 0.717) is 23.4 Å². The van der Waals surface area contributed by atoms with Crippen molar-refractivity contribution in [3.63, 3.8) is 0 Å². The summed E-state index contributed by atoms with van der Waals surface area (Å²) in [5, 5.41) is 3.09. The number of aromatic nitrogens is 2. The molecule has 1 aliphatic rings. The molecule has 0 spiro atoms. The third-order valence-electron chi connectivity index (χ3n) is 3.90. The highest BCUT2D eigenvalue weighted by Gasteiger charge is 2.29. The van der Waals surface area contributed by atoms with Crippen LogP contribution in [0.1, 0.15) is 43.6 Å². The van der Waals surface area contributed by atoms with E-state index >= 15 is 0 Å². The first-order valence-corrected chi connectivity index (χ1v) is 6.78. The summed E-state index contributed by atoms with van der Waals surface area (Å²) in [7, 11) is 1.51. The van der Waals surface area contributed by atoms with Gasteiger partial charge in [-0.3, -0.25) is 9.78 Å².